The van der Waals surface area contributed by atoms with Crippen molar-refractivity contribution in [2.45, 2.75) is 20.0 Å². The number of hydrogen-bond donors (Lipinski definition) is 0. The summed E-state index contributed by atoms with van der Waals surface area (Å²) in [6.45, 7) is 2.87. The van der Waals surface area contributed by atoms with Crippen LogP contribution in [0.4, 0.5) is 11.6 Å². The molecule has 3 heterocycles. The van der Waals surface area contributed by atoms with Gasteiger partial charge in [-0.2, -0.15) is 4.98 Å². The molecule has 0 saturated carbocycles. The molecule has 0 radical (unpaired) electrons. The van der Waals surface area contributed by atoms with Gasteiger partial charge in [-0.3, -0.25) is 14.2 Å². The number of methoxy groups -OCH3 is 1. The van der Waals surface area contributed by atoms with Gasteiger partial charge in [0.05, 0.1) is 7.11 Å². The lowest BCUT2D eigenvalue weighted by atomic mass is 10.1. The fourth-order valence-electron chi connectivity index (χ4n) is 3.70. The second kappa shape index (κ2) is 7.07. The first-order chi connectivity index (χ1) is 13.8. The van der Waals surface area contributed by atoms with Gasteiger partial charge in [0.25, 0.3) is 5.56 Å². The minimum Gasteiger partial charge on any atom is -0.468 e. The summed E-state index contributed by atoms with van der Waals surface area (Å²) < 4.78 is 8.59. The minimum atomic E-state index is -0.671. The van der Waals surface area contributed by atoms with Crippen molar-refractivity contribution >= 4 is 40.4 Å². The predicted molar refractivity (Wildman–Crippen MR) is 109 cm³/mol. The van der Waals surface area contributed by atoms with Crippen LogP contribution in [0, 0.1) is 5.92 Å². The van der Waals surface area contributed by atoms with Crippen molar-refractivity contribution in [3.8, 4) is 0 Å². The Hall–Kier alpha value is -3.07. The van der Waals surface area contributed by atoms with Crippen LogP contribution in [0.3, 0.4) is 0 Å². The molecule has 0 N–H and O–H groups in total. The highest BCUT2D eigenvalue weighted by Crippen LogP contribution is 2.33. The second-order valence-corrected chi connectivity index (χ2v) is 7.64. The molecule has 10 heteroatoms. The van der Waals surface area contributed by atoms with E-state index in [1.165, 1.54) is 18.7 Å². The van der Waals surface area contributed by atoms with Crippen LogP contribution in [0.25, 0.3) is 11.2 Å². The fraction of sp³-hybridized carbons (Fsp3) is 0.368. The number of esters is 1. The highest BCUT2D eigenvalue weighted by molar-refractivity contribution is 6.30. The summed E-state index contributed by atoms with van der Waals surface area (Å²) in [7, 11) is 2.74. The Bertz CT molecular complexity index is 1240. The molecular weight excluding hydrogens is 398 g/mol. The molecule has 0 fully saturated rings. The molecule has 1 unspecified atom stereocenters. The number of ether oxygens (including phenoxy) is 1. The van der Waals surface area contributed by atoms with Gasteiger partial charge in [0.15, 0.2) is 11.2 Å². The summed E-state index contributed by atoms with van der Waals surface area (Å²) in [5.41, 5.74) is 0.223. The summed E-state index contributed by atoms with van der Waals surface area (Å²) in [4.78, 5) is 44.1. The standard InChI is InChI=1S/C19H20ClN5O4/c1-11-8-23(13-6-4-5-12(20)7-13)18-21-16-15(24(18)9-11)17(27)25(10-14(26)29-3)19(28)22(16)2/h4-7,11H,8-10H2,1-3H3. The molecule has 4 rings (SSSR count). The van der Waals surface area contributed by atoms with Crippen LogP contribution in [-0.4, -0.2) is 38.3 Å². The van der Waals surface area contributed by atoms with Gasteiger partial charge < -0.3 is 14.2 Å². The normalized spacial score (nSPS) is 16.1. The average Bonchev–Trinajstić information content (AvgIpc) is 3.08. The van der Waals surface area contributed by atoms with Crippen molar-refractivity contribution < 1.29 is 9.53 Å². The van der Waals surface area contributed by atoms with E-state index in [2.05, 4.69) is 16.6 Å². The first kappa shape index (κ1) is 19.3. The maximum atomic E-state index is 13.1. The lowest BCUT2D eigenvalue weighted by molar-refractivity contribution is -0.141. The Balaban J connectivity index is 1.99. The Morgan fingerprint density at radius 3 is 2.76 bits per heavy atom. The lowest BCUT2D eigenvalue weighted by Crippen LogP contribution is -2.42. The smallest absolute Gasteiger partial charge is 0.333 e. The van der Waals surface area contributed by atoms with Gasteiger partial charge in [-0.25, -0.2) is 9.36 Å². The number of halogens is 1. The summed E-state index contributed by atoms with van der Waals surface area (Å²) in [5.74, 6) is 0.101. The van der Waals surface area contributed by atoms with E-state index in [-0.39, 0.29) is 17.1 Å². The van der Waals surface area contributed by atoms with Crippen molar-refractivity contribution in [2.24, 2.45) is 13.0 Å². The molecule has 152 valence electrons. The number of hydrogen-bond acceptors (Lipinski definition) is 6. The van der Waals surface area contributed by atoms with E-state index in [4.69, 9.17) is 11.6 Å². The average molecular weight is 418 g/mol. The number of aromatic nitrogens is 4. The van der Waals surface area contributed by atoms with Crippen LogP contribution in [0.1, 0.15) is 6.92 Å². The molecule has 0 saturated heterocycles. The summed E-state index contributed by atoms with van der Waals surface area (Å²) in [6, 6.07) is 7.39. The maximum absolute atomic E-state index is 13.1. The molecule has 1 aliphatic heterocycles. The summed E-state index contributed by atoms with van der Waals surface area (Å²) in [6.07, 6.45) is 0. The van der Waals surface area contributed by atoms with E-state index in [9.17, 15) is 14.4 Å². The van der Waals surface area contributed by atoms with Crippen molar-refractivity contribution in [3.63, 3.8) is 0 Å². The molecule has 1 aliphatic rings. The lowest BCUT2D eigenvalue weighted by Gasteiger charge is -2.33. The van der Waals surface area contributed by atoms with E-state index < -0.39 is 23.8 Å². The Labute approximate surface area is 170 Å². The third-order valence-corrected chi connectivity index (χ3v) is 5.31. The van der Waals surface area contributed by atoms with Gasteiger partial charge >= 0.3 is 11.7 Å². The molecule has 3 aromatic rings. The highest BCUT2D eigenvalue weighted by Gasteiger charge is 2.30. The monoisotopic (exact) mass is 417 g/mol. The first-order valence-electron chi connectivity index (χ1n) is 9.11. The van der Waals surface area contributed by atoms with Gasteiger partial charge in [0, 0.05) is 30.8 Å². The zero-order valence-corrected chi connectivity index (χ0v) is 17.0. The number of carbonyl (C=O) groups is 1. The zero-order valence-electron chi connectivity index (χ0n) is 16.3. The number of benzene rings is 1. The van der Waals surface area contributed by atoms with Gasteiger partial charge in [-0.15, -0.1) is 0 Å². The first-order valence-corrected chi connectivity index (χ1v) is 9.49. The van der Waals surface area contributed by atoms with Gasteiger partial charge in [-0.1, -0.05) is 24.6 Å². The van der Waals surface area contributed by atoms with E-state index in [1.54, 1.807) is 10.6 Å². The van der Waals surface area contributed by atoms with E-state index >= 15 is 0 Å². The number of fused-ring (bicyclic) bond motifs is 3. The molecule has 9 nitrogen and oxygen atoms in total. The molecule has 29 heavy (non-hydrogen) atoms. The molecule has 0 aliphatic carbocycles. The van der Waals surface area contributed by atoms with Gasteiger partial charge in [0.2, 0.25) is 5.95 Å². The number of anilines is 2. The van der Waals surface area contributed by atoms with E-state index in [0.29, 0.717) is 24.1 Å². The predicted octanol–water partition coefficient (Wildman–Crippen LogP) is 1.51. The molecule has 0 bridgehead atoms. The molecule has 1 aromatic carbocycles. The third-order valence-electron chi connectivity index (χ3n) is 5.08. The second-order valence-electron chi connectivity index (χ2n) is 7.20. The minimum absolute atomic E-state index is 0.213. The van der Waals surface area contributed by atoms with Crippen LogP contribution in [0.2, 0.25) is 5.02 Å². The van der Waals surface area contributed by atoms with Crippen LogP contribution in [0.5, 0.6) is 0 Å². The van der Waals surface area contributed by atoms with Crippen LogP contribution >= 0.6 is 11.6 Å². The fourth-order valence-corrected chi connectivity index (χ4v) is 3.88. The van der Waals surface area contributed by atoms with Crippen molar-refractivity contribution in [2.75, 3.05) is 18.6 Å². The van der Waals surface area contributed by atoms with Crippen molar-refractivity contribution in [1.29, 1.82) is 0 Å². The van der Waals surface area contributed by atoms with E-state index in [1.807, 2.05) is 23.1 Å². The third kappa shape index (κ3) is 3.11. The number of aryl methyl sites for hydroxylation is 1. The summed E-state index contributed by atoms with van der Waals surface area (Å²) >= 11 is 6.16. The SMILES string of the molecule is COC(=O)Cn1c(=O)c2c(nc3n2CC(C)CN3c2cccc(Cl)c2)n(C)c1=O. The van der Waals surface area contributed by atoms with Gasteiger partial charge in [-0.05, 0) is 24.1 Å². The topological polar surface area (TPSA) is 91.4 Å². The molecular formula is C19H20ClN5O4. The number of rotatable bonds is 3. The quantitative estimate of drug-likeness (QED) is 0.600. The highest BCUT2D eigenvalue weighted by atomic mass is 35.5. The van der Waals surface area contributed by atoms with Crippen LogP contribution < -0.4 is 16.1 Å². The molecule has 1 atom stereocenters. The van der Waals surface area contributed by atoms with E-state index in [0.717, 1.165) is 10.3 Å². The molecule has 2 aromatic heterocycles. The van der Waals surface area contributed by atoms with Gasteiger partial charge in [0.1, 0.15) is 6.54 Å². The van der Waals surface area contributed by atoms with Crippen molar-refractivity contribution in [3.05, 3.63) is 50.1 Å². The number of carbonyl (C=O) groups excluding carboxylic acids is 1. The number of nitrogens with zero attached hydrogens (tertiary/aromatic N) is 5. The summed E-state index contributed by atoms with van der Waals surface area (Å²) in [5, 5.41) is 0.594. The molecule has 0 amide bonds. The van der Waals surface area contributed by atoms with Crippen LogP contribution in [-0.2, 0) is 29.7 Å². The van der Waals surface area contributed by atoms with Crippen molar-refractivity contribution in [1.82, 2.24) is 18.7 Å². The largest absolute Gasteiger partial charge is 0.468 e. The maximum Gasteiger partial charge on any atom is 0.333 e. The number of imidazole rings is 1. The van der Waals surface area contributed by atoms with Crippen LogP contribution in [0.15, 0.2) is 33.9 Å². The Morgan fingerprint density at radius 1 is 1.31 bits per heavy atom. The zero-order chi connectivity index (χ0) is 20.9. The molecule has 0 spiro atoms. The Morgan fingerprint density at radius 2 is 2.07 bits per heavy atom. The Kier molecular flexibility index (Phi) is 4.70.